The lowest BCUT2D eigenvalue weighted by atomic mass is 10.1. The minimum Gasteiger partial charge on any atom is -0.391 e. The van der Waals surface area contributed by atoms with E-state index in [0.717, 1.165) is 31.7 Å². The number of anilines is 1. The minimum atomic E-state index is -0.140. The smallest absolute Gasteiger partial charge is 0.140 e. The first-order valence-corrected chi connectivity index (χ1v) is 6.02. The quantitative estimate of drug-likeness (QED) is 0.826. The van der Waals surface area contributed by atoms with Crippen molar-refractivity contribution in [1.82, 2.24) is 9.97 Å². The van der Waals surface area contributed by atoms with E-state index in [0.29, 0.717) is 16.8 Å². The SMILES string of the molecule is COC1CCN(c2ncnc(Cl)c2CO)CC1. The van der Waals surface area contributed by atoms with Crippen LogP contribution < -0.4 is 4.90 Å². The molecule has 0 bridgehead atoms. The summed E-state index contributed by atoms with van der Waals surface area (Å²) >= 11 is 5.94. The normalized spacial score (nSPS) is 17.5. The van der Waals surface area contributed by atoms with Crippen LogP contribution in [0.15, 0.2) is 6.33 Å². The van der Waals surface area contributed by atoms with Crippen molar-refractivity contribution in [3.8, 4) is 0 Å². The maximum Gasteiger partial charge on any atom is 0.140 e. The Balaban J connectivity index is 2.15. The van der Waals surface area contributed by atoms with Crippen LogP contribution in [0.1, 0.15) is 18.4 Å². The maximum absolute atomic E-state index is 9.31. The Bertz CT molecular complexity index is 381. The Hall–Kier alpha value is -0.910. The standard InChI is InChI=1S/C11H16ClN3O2/c1-17-8-2-4-15(5-3-8)11-9(6-16)10(12)13-7-14-11/h7-8,16H,2-6H2,1H3. The lowest BCUT2D eigenvalue weighted by Gasteiger charge is -2.32. The highest BCUT2D eigenvalue weighted by Crippen LogP contribution is 2.26. The first kappa shape index (κ1) is 12.5. The molecule has 0 spiro atoms. The number of hydrogen-bond donors (Lipinski definition) is 1. The van der Waals surface area contributed by atoms with Crippen molar-refractivity contribution in [2.75, 3.05) is 25.1 Å². The largest absolute Gasteiger partial charge is 0.391 e. The Morgan fingerprint density at radius 1 is 1.47 bits per heavy atom. The van der Waals surface area contributed by atoms with E-state index < -0.39 is 0 Å². The highest BCUT2D eigenvalue weighted by molar-refractivity contribution is 6.30. The minimum absolute atomic E-state index is 0.140. The van der Waals surface area contributed by atoms with Crippen LogP contribution in [0.2, 0.25) is 5.15 Å². The predicted octanol–water partition coefficient (Wildman–Crippen LogP) is 1.24. The van der Waals surface area contributed by atoms with Gasteiger partial charge in [-0.2, -0.15) is 0 Å². The van der Waals surface area contributed by atoms with Crippen molar-refractivity contribution < 1.29 is 9.84 Å². The number of hydrogen-bond acceptors (Lipinski definition) is 5. The highest BCUT2D eigenvalue weighted by Gasteiger charge is 2.22. The summed E-state index contributed by atoms with van der Waals surface area (Å²) in [7, 11) is 1.74. The van der Waals surface area contributed by atoms with Gasteiger partial charge in [0.25, 0.3) is 0 Å². The predicted molar refractivity (Wildman–Crippen MR) is 65.2 cm³/mol. The number of halogens is 1. The zero-order valence-corrected chi connectivity index (χ0v) is 10.5. The molecule has 1 aromatic heterocycles. The molecule has 1 aliphatic heterocycles. The number of piperidine rings is 1. The van der Waals surface area contributed by atoms with Crippen LogP contribution in [0.25, 0.3) is 0 Å². The molecule has 1 saturated heterocycles. The van der Waals surface area contributed by atoms with E-state index in [1.807, 2.05) is 0 Å². The van der Waals surface area contributed by atoms with Gasteiger partial charge in [0.15, 0.2) is 0 Å². The molecule has 0 radical (unpaired) electrons. The molecule has 1 N–H and O–H groups in total. The lowest BCUT2D eigenvalue weighted by molar-refractivity contribution is 0.0817. The Morgan fingerprint density at radius 2 is 2.18 bits per heavy atom. The molecule has 5 nitrogen and oxygen atoms in total. The third-order valence-electron chi connectivity index (χ3n) is 3.10. The van der Waals surface area contributed by atoms with Gasteiger partial charge in [0.05, 0.1) is 18.3 Å². The second kappa shape index (κ2) is 5.62. The van der Waals surface area contributed by atoms with E-state index in [1.54, 1.807) is 7.11 Å². The van der Waals surface area contributed by atoms with Gasteiger partial charge in [-0.1, -0.05) is 11.6 Å². The van der Waals surface area contributed by atoms with Crippen LogP contribution in [0.3, 0.4) is 0 Å². The van der Waals surface area contributed by atoms with Gasteiger partial charge in [-0.05, 0) is 12.8 Å². The van der Waals surface area contributed by atoms with Crippen molar-refractivity contribution in [2.45, 2.75) is 25.6 Å². The van der Waals surface area contributed by atoms with Crippen LogP contribution in [0.5, 0.6) is 0 Å². The molecule has 6 heteroatoms. The average Bonchev–Trinajstić information content (AvgIpc) is 2.38. The van der Waals surface area contributed by atoms with Gasteiger partial charge < -0.3 is 14.7 Å². The lowest BCUT2D eigenvalue weighted by Crippen LogP contribution is -2.37. The van der Waals surface area contributed by atoms with Crippen molar-refractivity contribution in [1.29, 1.82) is 0 Å². The molecule has 2 rings (SSSR count). The number of aliphatic hydroxyl groups is 1. The zero-order chi connectivity index (χ0) is 12.3. The molecule has 0 aliphatic carbocycles. The van der Waals surface area contributed by atoms with Crippen molar-refractivity contribution >= 4 is 17.4 Å². The maximum atomic E-state index is 9.31. The van der Waals surface area contributed by atoms with E-state index in [1.165, 1.54) is 6.33 Å². The van der Waals surface area contributed by atoms with Gasteiger partial charge in [-0.15, -0.1) is 0 Å². The molecule has 1 aromatic rings. The molecular formula is C11H16ClN3O2. The second-order valence-electron chi connectivity index (χ2n) is 4.05. The topological polar surface area (TPSA) is 58.5 Å². The average molecular weight is 258 g/mol. The van der Waals surface area contributed by atoms with Crippen LogP contribution >= 0.6 is 11.6 Å². The molecule has 0 saturated carbocycles. The highest BCUT2D eigenvalue weighted by atomic mass is 35.5. The number of nitrogens with zero attached hydrogens (tertiary/aromatic N) is 3. The zero-order valence-electron chi connectivity index (χ0n) is 9.77. The van der Waals surface area contributed by atoms with Gasteiger partial charge in [0.1, 0.15) is 17.3 Å². The van der Waals surface area contributed by atoms with Crippen molar-refractivity contribution in [3.63, 3.8) is 0 Å². The van der Waals surface area contributed by atoms with E-state index >= 15 is 0 Å². The van der Waals surface area contributed by atoms with E-state index in [4.69, 9.17) is 16.3 Å². The van der Waals surface area contributed by atoms with Crippen LogP contribution in [0, 0.1) is 0 Å². The van der Waals surface area contributed by atoms with Crippen LogP contribution in [0.4, 0.5) is 5.82 Å². The summed E-state index contributed by atoms with van der Waals surface area (Å²) in [4.78, 5) is 10.2. The fraction of sp³-hybridized carbons (Fsp3) is 0.636. The second-order valence-corrected chi connectivity index (χ2v) is 4.40. The van der Waals surface area contributed by atoms with E-state index in [-0.39, 0.29) is 6.61 Å². The van der Waals surface area contributed by atoms with Gasteiger partial charge in [0, 0.05) is 20.2 Å². The van der Waals surface area contributed by atoms with Gasteiger partial charge in [0.2, 0.25) is 0 Å². The summed E-state index contributed by atoms with van der Waals surface area (Å²) in [6.07, 6.45) is 3.67. The Kier molecular flexibility index (Phi) is 4.15. The number of aliphatic hydroxyl groups excluding tert-OH is 1. The summed E-state index contributed by atoms with van der Waals surface area (Å²) in [6.45, 7) is 1.58. The number of rotatable bonds is 3. The summed E-state index contributed by atoms with van der Waals surface area (Å²) < 4.78 is 5.32. The molecule has 1 fully saturated rings. The summed E-state index contributed by atoms with van der Waals surface area (Å²) in [5.74, 6) is 0.738. The molecule has 0 atom stereocenters. The Labute approximate surface area is 105 Å². The summed E-state index contributed by atoms with van der Waals surface area (Å²) in [6, 6.07) is 0. The first-order chi connectivity index (χ1) is 8.26. The van der Waals surface area contributed by atoms with Crippen molar-refractivity contribution in [2.24, 2.45) is 0 Å². The first-order valence-electron chi connectivity index (χ1n) is 5.64. The monoisotopic (exact) mass is 257 g/mol. The van der Waals surface area contributed by atoms with Gasteiger partial charge >= 0.3 is 0 Å². The number of ether oxygens (including phenoxy) is 1. The summed E-state index contributed by atoms with van der Waals surface area (Å²) in [5, 5.41) is 9.64. The number of methoxy groups -OCH3 is 1. The van der Waals surface area contributed by atoms with E-state index in [9.17, 15) is 5.11 Å². The molecule has 94 valence electrons. The molecular weight excluding hydrogens is 242 g/mol. The Morgan fingerprint density at radius 3 is 2.76 bits per heavy atom. The molecule has 1 aliphatic rings. The molecule has 2 heterocycles. The third-order valence-corrected chi connectivity index (χ3v) is 3.43. The molecule has 17 heavy (non-hydrogen) atoms. The van der Waals surface area contributed by atoms with Crippen LogP contribution in [-0.2, 0) is 11.3 Å². The molecule has 0 aromatic carbocycles. The van der Waals surface area contributed by atoms with Gasteiger partial charge in [-0.3, -0.25) is 0 Å². The molecule has 0 unspecified atom stereocenters. The van der Waals surface area contributed by atoms with Crippen LogP contribution in [-0.4, -0.2) is 41.4 Å². The fourth-order valence-corrected chi connectivity index (χ4v) is 2.28. The van der Waals surface area contributed by atoms with Crippen molar-refractivity contribution in [3.05, 3.63) is 17.0 Å². The fourth-order valence-electron chi connectivity index (χ4n) is 2.09. The summed E-state index contributed by atoms with van der Waals surface area (Å²) in [5.41, 5.74) is 0.602. The molecule has 0 amide bonds. The van der Waals surface area contributed by atoms with E-state index in [2.05, 4.69) is 14.9 Å². The third kappa shape index (κ3) is 2.68. The van der Waals surface area contributed by atoms with Gasteiger partial charge in [-0.25, -0.2) is 9.97 Å². The number of aromatic nitrogens is 2.